The van der Waals surface area contributed by atoms with Gasteiger partial charge in [0.2, 0.25) is 0 Å². The van der Waals surface area contributed by atoms with Gasteiger partial charge in [0.15, 0.2) is 0 Å². The molecule has 0 amide bonds. The summed E-state index contributed by atoms with van der Waals surface area (Å²) in [5.74, 6) is -1.49. The molecular formula is C15H13BrFNO2. The second-order valence-electron chi connectivity index (χ2n) is 4.48. The van der Waals surface area contributed by atoms with Crippen LogP contribution in [0.4, 0.5) is 10.1 Å². The topological polar surface area (TPSA) is 49.3 Å². The SMILES string of the molecule is Cc1cc(Br)cc(NCc2cc(C(=O)O)ccc2F)c1. The van der Waals surface area contributed by atoms with Gasteiger partial charge in [0, 0.05) is 22.3 Å². The maximum atomic E-state index is 13.7. The van der Waals surface area contributed by atoms with Crippen molar-refractivity contribution in [3.05, 3.63) is 63.4 Å². The van der Waals surface area contributed by atoms with Crippen molar-refractivity contribution >= 4 is 27.6 Å². The molecule has 0 aliphatic heterocycles. The predicted molar refractivity (Wildman–Crippen MR) is 79.6 cm³/mol. The number of carboxylic acid groups (broad SMARTS) is 1. The van der Waals surface area contributed by atoms with E-state index in [1.165, 1.54) is 18.2 Å². The molecule has 2 aromatic rings. The van der Waals surface area contributed by atoms with Crippen LogP contribution < -0.4 is 5.32 Å². The van der Waals surface area contributed by atoms with Gasteiger partial charge in [0.05, 0.1) is 5.56 Å². The van der Waals surface area contributed by atoms with Crippen molar-refractivity contribution in [1.82, 2.24) is 0 Å². The Morgan fingerprint density at radius 1 is 1.30 bits per heavy atom. The van der Waals surface area contributed by atoms with E-state index in [0.717, 1.165) is 15.7 Å². The Kier molecular flexibility index (Phi) is 4.39. The molecule has 3 nitrogen and oxygen atoms in total. The van der Waals surface area contributed by atoms with E-state index in [9.17, 15) is 9.18 Å². The molecule has 0 atom stereocenters. The van der Waals surface area contributed by atoms with Crippen LogP contribution in [0.3, 0.4) is 0 Å². The molecule has 0 bridgehead atoms. The number of carboxylic acids is 1. The molecule has 0 heterocycles. The van der Waals surface area contributed by atoms with Crippen LogP contribution in [0.5, 0.6) is 0 Å². The highest BCUT2D eigenvalue weighted by atomic mass is 79.9. The lowest BCUT2D eigenvalue weighted by atomic mass is 10.1. The van der Waals surface area contributed by atoms with Crippen molar-refractivity contribution < 1.29 is 14.3 Å². The molecule has 0 saturated carbocycles. The summed E-state index contributed by atoms with van der Waals surface area (Å²) in [6.45, 7) is 2.18. The Labute approximate surface area is 124 Å². The molecule has 0 saturated heterocycles. The molecule has 104 valence electrons. The van der Waals surface area contributed by atoms with E-state index in [4.69, 9.17) is 5.11 Å². The molecule has 0 radical (unpaired) electrons. The zero-order valence-electron chi connectivity index (χ0n) is 10.8. The standard InChI is InChI=1S/C15H13BrFNO2/c1-9-4-12(16)7-13(5-9)18-8-11-6-10(15(19)20)2-3-14(11)17/h2-7,18H,8H2,1H3,(H,19,20). The molecule has 2 N–H and O–H groups in total. The van der Waals surface area contributed by atoms with E-state index in [0.29, 0.717) is 5.56 Å². The average molecular weight is 338 g/mol. The summed E-state index contributed by atoms with van der Waals surface area (Å²) in [6.07, 6.45) is 0. The normalized spacial score (nSPS) is 10.3. The van der Waals surface area contributed by atoms with Crippen molar-refractivity contribution in [1.29, 1.82) is 0 Å². The van der Waals surface area contributed by atoms with Crippen molar-refractivity contribution in [3.8, 4) is 0 Å². The first-order valence-corrected chi connectivity index (χ1v) is 6.78. The molecule has 0 aliphatic carbocycles. The fraction of sp³-hybridized carbons (Fsp3) is 0.133. The first-order chi connectivity index (χ1) is 9.45. The molecule has 0 aliphatic rings. The molecule has 2 aromatic carbocycles. The van der Waals surface area contributed by atoms with Gasteiger partial charge < -0.3 is 10.4 Å². The number of halogens is 2. The van der Waals surface area contributed by atoms with Crippen molar-refractivity contribution in [2.24, 2.45) is 0 Å². The summed E-state index contributed by atoms with van der Waals surface area (Å²) in [5, 5.41) is 12.0. The van der Waals surface area contributed by atoms with Gasteiger partial charge in [-0.1, -0.05) is 15.9 Å². The summed E-state index contributed by atoms with van der Waals surface area (Å²) in [4.78, 5) is 10.9. The van der Waals surface area contributed by atoms with Crippen LogP contribution in [0.1, 0.15) is 21.5 Å². The first kappa shape index (κ1) is 14.5. The second-order valence-corrected chi connectivity index (χ2v) is 5.40. The number of benzene rings is 2. The van der Waals surface area contributed by atoms with Gasteiger partial charge in [-0.2, -0.15) is 0 Å². The molecular weight excluding hydrogens is 325 g/mol. The fourth-order valence-electron chi connectivity index (χ4n) is 1.88. The van der Waals surface area contributed by atoms with Crippen molar-refractivity contribution in [2.45, 2.75) is 13.5 Å². The molecule has 0 aromatic heterocycles. The highest BCUT2D eigenvalue weighted by molar-refractivity contribution is 9.10. The third-order valence-electron chi connectivity index (χ3n) is 2.82. The molecule has 2 rings (SSSR count). The number of rotatable bonds is 4. The number of carbonyl (C=O) groups is 1. The maximum Gasteiger partial charge on any atom is 0.335 e. The number of aromatic carboxylic acids is 1. The minimum absolute atomic E-state index is 0.0774. The Hall–Kier alpha value is -1.88. The Bertz CT molecular complexity index is 638. The summed E-state index contributed by atoms with van der Waals surface area (Å²) >= 11 is 3.39. The van der Waals surface area contributed by atoms with Crippen LogP contribution in [-0.2, 0) is 6.54 Å². The van der Waals surface area contributed by atoms with Gasteiger partial charge in [0.25, 0.3) is 0 Å². The molecule has 0 fully saturated rings. The maximum absolute atomic E-state index is 13.7. The van der Waals surface area contributed by atoms with Gasteiger partial charge in [-0.05, 0) is 48.9 Å². The lowest BCUT2D eigenvalue weighted by Gasteiger charge is -2.09. The minimum Gasteiger partial charge on any atom is -0.478 e. The summed E-state index contributed by atoms with van der Waals surface area (Å²) in [7, 11) is 0. The van der Waals surface area contributed by atoms with E-state index < -0.39 is 11.8 Å². The Morgan fingerprint density at radius 3 is 2.70 bits per heavy atom. The Balaban J connectivity index is 2.18. The van der Waals surface area contributed by atoms with Gasteiger partial charge in [-0.3, -0.25) is 0 Å². The lowest BCUT2D eigenvalue weighted by molar-refractivity contribution is 0.0696. The van der Waals surface area contributed by atoms with E-state index in [1.807, 2.05) is 25.1 Å². The number of anilines is 1. The molecule has 0 unspecified atom stereocenters. The van der Waals surface area contributed by atoms with E-state index in [-0.39, 0.29) is 12.1 Å². The van der Waals surface area contributed by atoms with E-state index in [2.05, 4.69) is 21.2 Å². The average Bonchev–Trinajstić information content (AvgIpc) is 2.36. The zero-order valence-corrected chi connectivity index (χ0v) is 12.4. The number of hydrogen-bond acceptors (Lipinski definition) is 2. The monoisotopic (exact) mass is 337 g/mol. The number of nitrogens with one attached hydrogen (secondary N) is 1. The predicted octanol–water partition coefficient (Wildman–Crippen LogP) is 4.21. The van der Waals surface area contributed by atoms with Crippen LogP contribution in [0.25, 0.3) is 0 Å². The van der Waals surface area contributed by atoms with Crippen molar-refractivity contribution in [3.63, 3.8) is 0 Å². The first-order valence-electron chi connectivity index (χ1n) is 5.98. The van der Waals surface area contributed by atoms with Gasteiger partial charge in [-0.15, -0.1) is 0 Å². The van der Waals surface area contributed by atoms with Gasteiger partial charge in [0.1, 0.15) is 5.82 Å². The van der Waals surface area contributed by atoms with Gasteiger partial charge >= 0.3 is 5.97 Å². The van der Waals surface area contributed by atoms with Crippen LogP contribution in [0.15, 0.2) is 40.9 Å². The largest absolute Gasteiger partial charge is 0.478 e. The quantitative estimate of drug-likeness (QED) is 0.878. The second kappa shape index (κ2) is 6.05. The minimum atomic E-state index is -1.07. The lowest BCUT2D eigenvalue weighted by Crippen LogP contribution is -2.05. The summed E-state index contributed by atoms with van der Waals surface area (Å²) in [6, 6.07) is 9.55. The smallest absolute Gasteiger partial charge is 0.335 e. The third-order valence-corrected chi connectivity index (χ3v) is 3.28. The van der Waals surface area contributed by atoms with Gasteiger partial charge in [-0.25, -0.2) is 9.18 Å². The zero-order chi connectivity index (χ0) is 14.7. The van der Waals surface area contributed by atoms with Crippen LogP contribution in [0.2, 0.25) is 0 Å². The Morgan fingerprint density at radius 2 is 2.05 bits per heavy atom. The third kappa shape index (κ3) is 3.57. The van der Waals surface area contributed by atoms with E-state index >= 15 is 0 Å². The number of hydrogen-bond donors (Lipinski definition) is 2. The number of aryl methyl sites for hydroxylation is 1. The molecule has 0 spiro atoms. The molecule has 20 heavy (non-hydrogen) atoms. The van der Waals surface area contributed by atoms with Crippen LogP contribution in [0, 0.1) is 12.7 Å². The summed E-state index contributed by atoms with van der Waals surface area (Å²) in [5.41, 5.74) is 2.31. The highest BCUT2D eigenvalue weighted by Gasteiger charge is 2.08. The van der Waals surface area contributed by atoms with Crippen LogP contribution >= 0.6 is 15.9 Å². The molecule has 5 heteroatoms. The van der Waals surface area contributed by atoms with Crippen molar-refractivity contribution in [2.75, 3.05) is 5.32 Å². The highest BCUT2D eigenvalue weighted by Crippen LogP contribution is 2.20. The van der Waals surface area contributed by atoms with Crippen LogP contribution in [-0.4, -0.2) is 11.1 Å². The summed E-state index contributed by atoms with van der Waals surface area (Å²) < 4.78 is 14.6. The fourth-order valence-corrected chi connectivity index (χ4v) is 2.49. The van der Waals surface area contributed by atoms with E-state index in [1.54, 1.807) is 0 Å².